The Balaban J connectivity index is 1.59. The van der Waals surface area contributed by atoms with E-state index in [1.165, 1.54) is 12.8 Å². The van der Waals surface area contributed by atoms with E-state index in [4.69, 9.17) is 13.9 Å². The smallest absolute Gasteiger partial charge is 0.200 e. The summed E-state index contributed by atoms with van der Waals surface area (Å²) in [5, 5.41) is 9.86. The van der Waals surface area contributed by atoms with Gasteiger partial charge in [0, 0.05) is 6.42 Å². The Kier molecular flexibility index (Phi) is 4.22. The first-order valence-corrected chi connectivity index (χ1v) is 8.64. The number of hydrogen-bond acceptors (Lipinski definition) is 5. The minimum atomic E-state index is 0.132. The van der Waals surface area contributed by atoms with Crippen LogP contribution in [-0.4, -0.2) is 23.3 Å². The molecule has 4 rings (SSSR count). The zero-order chi connectivity index (χ0) is 17.2. The molecular formula is C20H21NO4. The molecule has 2 aromatic carbocycles. The first-order chi connectivity index (χ1) is 12.2. The molecule has 5 heteroatoms. The number of para-hydroxylation sites is 1. The molecule has 1 aliphatic carbocycles. The average Bonchev–Trinajstić information content (AvgIpc) is 3.25. The maximum Gasteiger partial charge on any atom is 0.200 e. The Bertz CT molecular complexity index is 881. The van der Waals surface area contributed by atoms with Crippen LogP contribution in [0.25, 0.3) is 11.1 Å². The molecule has 25 heavy (non-hydrogen) atoms. The highest BCUT2D eigenvalue weighted by atomic mass is 16.5. The summed E-state index contributed by atoms with van der Waals surface area (Å²) in [5.41, 5.74) is 2.11. The molecule has 0 saturated heterocycles. The van der Waals surface area contributed by atoms with Crippen LogP contribution in [-0.2, 0) is 6.42 Å². The summed E-state index contributed by atoms with van der Waals surface area (Å²) < 4.78 is 17.3. The zero-order valence-corrected chi connectivity index (χ0v) is 14.2. The first kappa shape index (κ1) is 15.8. The fraction of sp³-hybridized carbons (Fsp3) is 0.350. The monoisotopic (exact) mass is 339 g/mol. The van der Waals surface area contributed by atoms with Crippen molar-refractivity contribution in [2.45, 2.75) is 38.2 Å². The number of aromatic hydroxyl groups is 1. The van der Waals surface area contributed by atoms with E-state index >= 15 is 0 Å². The fourth-order valence-corrected chi connectivity index (χ4v) is 3.34. The molecule has 1 fully saturated rings. The highest BCUT2D eigenvalue weighted by Crippen LogP contribution is 2.33. The molecule has 0 amide bonds. The molecule has 0 bridgehead atoms. The van der Waals surface area contributed by atoms with Gasteiger partial charge in [0.15, 0.2) is 28.5 Å². The van der Waals surface area contributed by atoms with Crippen LogP contribution < -0.4 is 9.47 Å². The van der Waals surface area contributed by atoms with Crippen molar-refractivity contribution >= 4 is 11.1 Å². The Labute approximate surface area is 146 Å². The number of aromatic nitrogens is 1. The molecule has 1 N–H and O–H groups in total. The number of fused-ring (bicyclic) bond motifs is 1. The molecule has 0 radical (unpaired) electrons. The van der Waals surface area contributed by atoms with Crippen LogP contribution in [0.1, 0.15) is 37.1 Å². The summed E-state index contributed by atoms with van der Waals surface area (Å²) in [6, 6.07) is 11.0. The van der Waals surface area contributed by atoms with Crippen LogP contribution >= 0.6 is 0 Å². The molecule has 0 aliphatic heterocycles. The largest absolute Gasteiger partial charge is 0.506 e. The van der Waals surface area contributed by atoms with Crippen LogP contribution in [0.4, 0.5) is 0 Å². The van der Waals surface area contributed by atoms with E-state index in [0.717, 1.165) is 29.9 Å². The van der Waals surface area contributed by atoms with E-state index in [-0.39, 0.29) is 11.9 Å². The lowest BCUT2D eigenvalue weighted by molar-refractivity contribution is 0.200. The van der Waals surface area contributed by atoms with Crippen molar-refractivity contribution in [3.05, 3.63) is 47.9 Å². The second kappa shape index (κ2) is 6.67. The summed E-state index contributed by atoms with van der Waals surface area (Å²) >= 11 is 0. The predicted octanol–water partition coefficient (Wildman–Crippen LogP) is 4.45. The summed E-state index contributed by atoms with van der Waals surface area (Å²) in [5.74, 6) is 2.21. The summed E-state index contributed by atoms with van der Waals surface area (Å²) in [7, 11) is 1.65. The van der Waals surface area contributed by atoms with Crippen molar-refractivity contribution in [3.63, 3.8) is 0 Å². The van der Waals surface area contributed by atoms with Gasteiger partial charge in [-0.05, 0) is 55.5 Å². The van der Waals surface area contributed by atoms with Crippen LogP contribution in [0.5, 0.6) is 17.2 Å². The molecule has 130 valence electrons. The Morgan fingerprint density at radius 3 is 2.76 bits per heavy atom. The number of ether oxygens (including phenoxy) is 2. The topological polar surface area (TPSA) is 64.7 Å². The number of hydrogen-bond donors (Lipinski definition) is 1. The van der Waals surface area contributed by atoms with Crippen molar-refractivity contribution in [1.82, 2.24) is 4.98 Å². The van der Waals surface area contributed by atoms with Gasteiger partial charge in [0.2, 0.25) is 0 Å². The van der Waals surface area contributed by atoms with E-state index < -0.39 is 0 Å². The average molecular weight is 339 g/mol. The highest BCUT2D eigenvalue weighted by Gasteiger charge is 2.19. The minimum absolute atomic E-state index is 0.132. The van der Waals surface area contributed by atoms with Crippen LogP contribution in [0, 0.1) is 0 Å². The molecule has 3 aromatic rings. The molecule has 0 spiro atoms. The van der Waals surface area contributed by atoms with Crippen molar-refractivity contribution < 1.29 is 19.0 Å². The lowest BCUT2D eigenvalue weighted by Crippen LogP contribution is -2.11. The van der Waals surface area contributed by atoms with Crippen LogP contribution in [0.3, 0.4) is 0 Å². The lowest BCUT2D eigenvalue weighted by atomic mass is 10.1. The zero-order valence-electron chi connectivity index (χ0n) is 14.2. The Morgan fingerprint density at radius 1 is 1.16 bits per heavy atom. The van der Waals surface area contributed by atoms with E-state index in [9.17, 15) is 5.11 Å². The highest BCUT2D eigenvalue weighted by molar-refractivity contribution is 5.79. The van der Waals surface area contributed by atoms with Gasteiger partial charge in [-0.1, -0.05) is 12.1 Å². The van der Waals surface area contributed by atoms with Crippen molar-refractivity contribution in [3.8, 4) is 17.2 Å². The predicted molar refractivity (Wildman–Crippen MR) is 94.4 cm³/mol. The van der Waals surface area contributed by atoms with Gasteiger partial charge in [0.05, 0.1) is 13.2 Å². The van der Waals surface area contributed by atoms with Gasteiger partial charge in [-0.2, -0.15) is 0 Å². The third-order valence-electron chi connectivity index (χ3n) is 4.62. The van der Waals surface area contributed by atoms with Gasteiger partial charge in [0.1, 0.15) is 5.75 Å². The Morgan fingerprint density at radius 2 is 2.00 bits per heavy atom. The van der Waals surface area contributed by atoms with Crippen molar-refractivity contribution in [2.24, 2.45) is 0 Å². The third kappa shape index (κ3) is 3.27. The summed E-state index contributed by atoms with van der Waals surface area (Å²) in [6.45, 7) is 0. The fourth-order valence-electron chi connectivity index (χ4n) is 3.34. The maximum atomic E-state index is 9.86. The molecule has 5 nitrogen and oxygen atoms in total. The third-order valence-corrected chi connectivity index (χ3v) is 4.62. The van der Waals surface area contributed by atoms with Gasteiger partial charge < -0.3 is 19.0 Å². The van der Waals surface area contributed by atoms with Crippen LogP contribution in [0.15, 0.2) is 40.8 Å². The van der Waals surface area contributed by atoms with Crippen molar-refractivity contribution in [1.29, 1.82) is 0 Å². The number of rotatable bonds is 5. The van der Waals surface area contributed by atoms with Crippen molar-refractivity contribution in [2.75, 3.05) is 7.11 Å². The van der Waals surface area contributed by atoms with Gasteiger partial charge in [0.25, 0.3) is 0 Å². The van der Waals surface area contributed by atoms with Gasteiger partial charge >= 0.3 is 0 Å². The Hall–Kier alpha value is -2.69. The van der Waals surface area contributed by atoms with E-state index in [0.29, 0.717) is 23.4 Å². The van der Waals surface area contributed by atoms with E-state index in [2.05, 4.69) is 4.98 Å². The second-order valence-corrected chi connectivity index (χ2v) is 6.42. The molecule has 0 unspecified atom stereocenters. The molecule has 1 aliphatic rings. The standard InChI is InChI=1S/C20H21NO4/c1-23-16-10-9-13(11-18(16)24-14-5-2-3-6-14)12-19-21-20-15(22)7-4-8-17(20)25-19/h4,7-11,14,22H,2-3,5-6,12H2,1H3. The molecular weight excluding hydrogens is 318 g/mol. The molecule has 1 aromatic heterocycles. The van der Waals surface area contributed by atoms with E-state index in [1.54, 1.807) is 25.3 Å². The summed E-state index contributed by atoms with van der Waals surface area (Å²) in [6.07, 6.45) is 5.43. The number of nitrogens with zero attached hydrogens (tertiary/aromatic N) is 1. The van der Waals surface area contributed by atoms with Gasteiger partial charge in [-0.15, -0.1) is 0 Å². The molecule has 1 saturated carbocycles. The van der Waals surface area contributed by atoms with E-state index in [1.807, 2.05) is 18.2 Å². The first-order valence-electron chi connectivity index (χ1n) is 8.64. The maximum absolute atomic E-state index is 9.86. The number of phenolic OH excluding ortho intramolecular Hbond substituents is 1. The second-order valence-electron chi connectivity index (χ2n) is 6.42. The van der Waals surface area contributed by atoms with Crippen LogP contribution in [0.2, 0.25) is 0 Å². The number of benzene rings is 2. The number of methoxy groups -OCH3 is 1. The molecule has 0 atom stereocenters. The SMILES string of the molecule is COc1ccc(Cc2nc3c(O)cccc3o2)cc1OC1CCCC1. The minimum Gasteiger partial charge on any atom is -0.506 e. The quantitative estimate of drug-likeness (QED) is 0.744. The summed E-state index contributed by atoms with van der Waals surface area (Å²) in [4.78, 5) is 4.39. The normalized spacial score (nSPS) is 14.9. The number of oxazole rings is 1. The van der Waals surface area contributed by atoms with Gasteiger partial charge in [-0.3, -0.25) is 0 Å². The number of phenols is 1. The lowest BCUT2D eigenvalue weighted by Gasteiger charge is -2.16. The van der Waals surface area contributed by atoms with Gasteiger partial charge in [-0.25, -0.2) is 4.98 Å². The molecule has 1 heterocycles.